The third-order valence-electron chi connectivity index (χ3n) is 3.60. The Labute approximate surface area is 126 Å². The molecule has 0 aliphatic carbocycles. The Morgan fingerprint density at radius 3 is 2.86 bits per heavy atom. The molecule has 1 aliphatic rings. The van der Waals surface area contributed by atoms with Gasteiger partial charge in [0.2, 0.25) is 0 Å². The second-order valence-corrected chi connectivity index (χ2v) is 6.65. The molecule has 21 heavy (non-hydrogen) atoms. The molecule has 2 heterocycles. The highest BCUT2D eigenvalue weighted by atomic mass is 16.6. The molecule has 0 aromatic carbocycles. The molecule has 6 nitrogen and oxygen atoms in total. The summed E-state index contributed by atoms with van der Waals surface area (Å²) in [6.07, 6.45) is 7.37. The Bertz CT molecular complexity index is 478. The molecule has 1 atom stereocenters. The number of nitrogen functional groups attached to an aromatic ring is 1. The zero-order valence-electron chi connectivity index (χ0n) is 13.2. The van der Waals surface area contributed by atoms with Gasteiger partial charge in [0, 0.05) is 25.3 Å². The van der Waals surface area contributed by atoms with Crippen LogP contribution < -0.4 is 5.73 Å². The maximum atomic E-state index is 12.3. The largest absolute Gasteiger partial charge is 0.444 e. The van der Waals surface area contributed by atoms with Gasteiger partial charge in [0.25, 0.3) is 0 Å². The van der Waals surface area contributed by atoms with Gasteiger partial charge in [-0.25, -0.2) is 4.79 Å². The average Bonchev–Trinajstić information content (AvgIpc) is 2.80. The van der Waals surface area contributed by atoms with E-state index in [9.17, 15) is 4.79 Å². The van der Waals surface area contributed by atoms with E-state index in [1.165, 1.54) is 0 Å². The summed E-state index contributed by atoms with van der Waals surface area (Å²) in [5.41, 5.74) is 5.88. The number of piperidine rings is 1. The van der Waals surface area contributed by atoms with E-state index in [1.807, 2.05) is 36.5 Å². The van der Waals surface area contributed by atoms with Crippen LogP contribution in [0.4, 0.5) is 10.5 Å². The molecule has 0 bridgehead atoms. The topological polar surface area (TPSA) is 73.4 Å². The van der Waals surface area contributed by atoms with Crippen molar-refractivity contribution in [2.75, 3.05) is 12.3 Å². The predicted molar refractivity (Wildman–Crippen MR) is 81.8 cm³/mol. The van der Waals surface area contributed by atoms with E-state index < -0.39 is 5.60 Å². The van der Waals surface area contributed by atoms with Crippen LogP contribution in [0.5, 0.6) is 0 Å². The number of aryl methyl sites for hydroxylation is 1. The van der Waals surface area contributed by atoms with Gasteiger partial charge in [-0.05, 0) is 46.5 Å². The van der Waals surface area contributed by atoms with Crippen molar-refractivity contribution in [1.82, 2.24) is 14.7 Å². The van der Waals surface area contributed by atoms with Crippen LogP contribution in [0.3, 0.4) is 0 Å². The van der Waals surface area contributed by atoms with Crippen LogP contribution in [0.15, 0.2) is 12.4 Å². The lowest BCUT2D eigenvalue weighted by Crippen LogP contribution is -2.46. The number of carbonyl (C=O) groups is 1. The minimum Gasteiger partial charge on any atom is -0.444 e. The van der Waals surface area contributed by atoms with Crippen molar-refractivity contribution in [3.8, 4) is 0 Å². The number of nitrogens with two attached hydrogens (primary N) is 1. The smallest absolute Gasteiger partial charge is 0.410 e. The SMILES string of the molecule is CC(C)(C)OC(=O)N1CCCCC1CCn1cc(N)cn1. The van der Waals surface area contributed by atoms with E-state index in [0.29, 0.717) is 5.69 Å². The average molecular weight is 294 g/mol. The van der Waals surface area contributed by atoms with Gasteiger partial charge >= 0.3 is 6.09 Å². The highest BCUT2D eigenvalue weighted by Crippen LogP contribution is 2.23. The maximum Gasteiger partial charge on any atom is 0.410 e. The van der Waals surface area contributed by atoms with Crippen molar-refractivity contribution >= 4 is 11.8 Å². The lowest BCUT2D eigenvalue weighted by molar-refractivity contribution is 0.00827. The van der Waals surface area contributed by atoms with Crippen molar-refractivity contribution in [2.24, 2.45) is 0 Å². The fourth-order valence-corrected chi connectivity index (χ4v) is 2.64. The molecule has 1 aliphatic heterocycles. The molecule has 2 N–H and O–H groups in total. The van der Waals surface area contributed by atoms with Gasteiger partial charge in [-0.2, -0.15) is 5.10 Å². The lowest BCUT2D eigenvalue weighted by Gasteiger charge is -2.36. The number of anilines is 1. The molecule has 1 saturated heterocycles. The molecular weight excluding hydrogens is 268 g/mol. The number of hydrogen-bond acceptors (Lipinski definition) is 4. The van der Waals surface area contributed by atoms with Gasteiger partial charge in [0.1, 0.15) is 5.60 Å². The number of carbonyl (C=O) groups excluding carboxylic acids is 1. The first kappa shape index (κ1) is 15.7. The number of likely N-dealkylation sites (tertiary alicyclic amines) is 1. The van der Waals surface area contributed by atoms with E-state index in [0.717, 1.165) is 38.8 Å². The van der Waals surface area contributed by atoms with Crippen molar-refractivity contribution < 1.29 is 9.53 Å². The van der Waals surface area contributed by atoms with E-state index in [1.54, 1.807) is 6.20 Å². The molecule has 2 rings (SSSR count). The molecule has 1 aromatic rings. The molecule has 0 radical (unpaired) electrons. The van der Waals surface area contributed by atoms with Crippen LogP contribution in [0.2, 0.25) is 0 Å². The summed E-state index contributed by atoms with van der Waals surface area (Å²) >= 11 is 0. The summed E-state index contributed by atoms with van der Waals surface area (Å²) in [7, 11) is 0. The van der Waals surface area contributed by atoms with Gasteiger partial charge in [0.15, 0.2) is 0 Å². The quantitative estimate of drug-likeness (QED) is 0.930. The van der Waals surface area contributed by atoms with Crippen LogP contribution in [0.25, 0.3) is 0 Å². The van der Waals surface area contributed by atoms with Gasteiger partial charge in [-0.15, -0.1) is 0 Å². The Hall–Kier alpha value is -1.72. The first-order valence-electron chi connectivity index (χ1n) is 7.63. The minimum atomic E-state index is -0.449. The van der Waals surface area contributed by atoms with E-state index in [4.69, 9.17) is 10.5 Å². The summed E-state index contributed by atoms with van der Waals surface area (Å²) in [6, 6.07) is 0.221. The summed E-state index contributed by atoms with van der Waals surface area (Å²) < 4.78 is 7.34. The zero-order chi connectivity index (χ0) is 15.5. The molecule has 118 valence electrons. The van der Waals surface area contributed by atoms with Crippen LogP contribution in [0, 0.1) is 0 Å². The van der Waals surface area contributed by atoms with Crippen molar-refractivity contribution in [3.05, 3.63) is 12.4 Å². The highest BCUT2D eigenvalue weighted by molar-refractivity contribution is 5.68. The third-order valence-corrected chi connectivity index (χ3v) is 3.60. The molecular formula is C15H26N4O2. The Kier molecular flexibility index (Phi) is 4.75. The van der Waals surface area contributed by atoms with Crippen LogP contribution >= 0.6 is 0 Å². The predicted octanol–water partition coefficient (Wildman–Crippen LogP) is 2.65. The van der Waals surface area contributed by atoms with E-state index in [-0.39, 0.29) is 12.1 Å². The normalized spacial score (nSPS) is 19.6. The number of aromatic nitrogens is 2. The monoisotopic (exact) mass is 294 g/mol. The third kappa shape index (κ3) is 4.65. The molecule has 1 amide bonds. The molecule has 0 saturated carbocycles. The molecule has 0 spiro atoms. The fourth-order valence-electron chi connectivity index (χ4n) is 2.64. The van der Waals surface area contributed by atoms with Crippen molar-refractivity contribution in [3.63, 3.8) is 0 Å². The summed E-state index contributed by atoms with van der Waals surface area (Å²) in [5, 5.41) is 4.19. The van der Waals surface area contributed by atoms with Gasteiger partial charge < -0.3 is 15.4 Å². The van der Waals surface area contributed by atoms with Gasteiger partial charge in [-0.1, -0.05) is 0 Å². The molecule has 6 heteroatoms. The number of ether oxygens (including phenoxy) is 1. The van der Waals surface area contributed by atoms with Gasteiger partial charge in [-0.3, -0.25) is 4.68 Å². The molecule has 1 aromatic heterocycles. The summed E-state index contributed by atoms with van der Waals surface area (Å²) in [6.45, 7) is 7.24. The van der Waals surface area contributed by atoms with Crippen LogP contribution in [-0.2, 0) is 11.3 Å². The standard InChI is InChI=1S/C15H26N4O2/c1-15(2,3)21-14(20)19-8-5-4-6-13(19)7-9-18-11-12(16)10-17-18/h10-11,13H,4-9,16H2,1-3H3. The first-order chi connectivity index (χ1) is 9.85. The Balaban J connectivity index is 1.93. The first-order valence-corrected chi connectivity index (χ1v) is 7.63. The lowest BCUT2D eigenvalue weighted by atomic mass is 10.00. The fraction of sp³-hybridized carbons (Fsp3) is 0.733. The number of rotatable bonds is 3. The Morgan fingerprint density at radius 1 is 1.48 bits per heavy atom. The zero-order valence-corrected chi connectivity index (χ0v) is 13.2. The van der Waals surface area contributed by atoms with E-state index >= 15 is 0 Å². The van der Waals surface area contributed by atoms with Crippen molar-refractivity contribution in [1.29, 1.82) is 0 Å². The molecule has 1 fully saturated rings. The number of amides is 1. The summed E-state index contributed by atoms with van der Waals surface area (Å²) in [4.78, 5) is 14.2. The van der Waals surface area contributed by atoms with Gasteiger partial charge in [0.05, 0.1) is 11.9 Å². The highest BCUT2D eigenvalue weighted by Gasteiger charge is 2.30. The van der Waals surface area contributed by atoms with E-state index in [2.05, 4.69) is 5.10 Å². The Morgan fingerprint density at radius 2 is 2.24 bits per heavy atom. The van der Waals surface area contributed by atoms with Crippen LogP contribution in [0.1, 0.15) is 46.5 Å². The number of nitrogens with zero attached hydrogens (tertiary/aromatic N) is 3. The summed E-state index contributed by atoms with van der Waals surface area (Å²) in [5.74, 6) is 0. The number of hydrogen-bond donors (Lipinski definition) is 1. The maximum absolute atomic E-state index is 12.3. The van der Waals surface area contributed by atoms with Crippen LogP contribution in [-0.4, -0.2) is 39.0 Å². The second kappa shape index (κ2) is 6.37. The minimum absolute atomic E-state index is 0.202. The second-order valence-electron chi connectivity index (χ2n) is 6.65. The molecule has 1 unspecified atom stereocenters. The van der Waals surface area contributed by atoms with Crippen molar-refractivity contribution in [2.45, 2.75) is 64.6 Å².